The van der Waals surface area contributed by atoms with Gasteiger partial charge in [-0.1, -0.05) is 30.2 Å². The van der Waals surface area contributed by atoms with E-state index in [-0.39, 0.29) is 29.1 Å². The first-order chi connectivity index (χ1) is 14.3. The van der Waals surface area contributed by atoms with Crippen LogP contribution < -0.4 is 5.32 Å². The predicted octanol–water partition coefficient (Wildman–Crippen LogP) is 4.21. The second kappa shape index (κ2) is 9.44. The molecule has 0 aliphatic heterocycles. The highest BCUT2D eigenvalue weighted by atomic mass is 32.2. The first-order valence-electron chi connectivity index (χ1n) is 9.49. The Morgan fingerprint density at radius 3 is 2.53 bits per heavy atom. The standard InChI is InChI=1S/C21H23N3O4S2/c1-4-29-17-10-8-15(9-11-17)12-19(25)22-21-24-23-20(28-21)16-6-5-7-18(13-16)30(26,27)14(2)3/h5-11,13-14H,4,12H2,1-3H3,(H,22,24,25). The molecule has 1 aromatic heterocycles. The van der Waals surface area contributed by atoms with Crippen LogP contribution in [0.5, 0.6) is 0 Å². The number of thioether (sulfide) groups is 1. The van der Waals surface area contributed by atoms with Gasteiger partial charge >= 0.3 is 6.01 Å². The maximum Gasteiger partial charge on any atom is 0.322 e. The van der Waals surface area contributed by atoms with E-state index in [9.17, 15) is 13.2 Å². The summed E-state index contributed by atoms with van der Waals surface area (Å²) < 4.78 is 30.2. The lowest BCUT2D eigenvalue weighted by atomic mass is 10.1. The van der Waals surface area contributed by atoms with Gasteiger partial charge in [0.2, 0.25) is 11.8 Å². The van der Waals surface area contributed by atoms with Crippen LogP contribution in [-0.2, 0) is 21.1 Å². The fourth-order valence-corrected chi connectivity index (χ4v) is 4.45. The summed E-state index contributed by atoms with van der Waals surface area (Å²) in [6, 6.07) is 14.1. The number of hydrogen-bond donors (Lipinski definition) is 1. The lowest BCUT2D eigenvalue weighted by Crippen LogP contribution is -2.14. The van der Waals surface area contributed by atoms with Gasteiger partial charge in [0.1, 0.15) is 0 Å². The summed E-state index contributed by atoms with van der Waals surface area (Å²) in [5.41, 5.74) is 1.34. The fourth-order valence-electron chi connectivity index (χ4n) is 2.69. The molecule has 0 fully saturated rings. The molecule has 158 valence electrons. The van der Waals surface area contributed by atoms with Crippen molar-refractivity contribution in [1.29, 1.82) is 0 Å². The molecule has 30 heavy (non-hydrogen) atoms. The maximum atomic E-state index is 12.4. The van der Waals surface area contributed by atoms with Crippen LogP contribution in [0.2, 0.25) is 0 Å². The molecule has 0 aliphatic carbocycles. The molecule has 0 spiro atoms. The van der Waals surface area contributed by atoms with Gasteiger partial charge < -0.3 is 4.42 Å². The van der Waals surface area contributed by atoms with E-state index in [1.807, 2.05) is 24.3 Å². The first kappa shape index (κ1) is 22.0. The lowest BCUT2D eigenvalue weighted by Gasteiger charge is -2.08. The molecule has 3 rings (SSSR count). The Morgan fingerprint density at radius 2 is 1.87 bits per heavy atom. The highest BCUT2D eigenvalue weighted by Gasteiger charge is 2.20. The Labute approximate surface area is 180 Å². The highest BCUT2D eigenvalue weighted by molar-refractivity contribution is 7.99. The molecule has 0 saturated carbocycles. The molecule has 2 aromatic carbocycles. The van der Waals surface area contributed by atoms with E-state index in [2.05, 4.69) is 22.4 Å². The molecule has 0 aliphatic rings. The normalized spacial score (nSPS) is 11.6. The Morgan fingerprint density at radius 1 is 1.13 bits per heavy atom. The zero-order valence-electron chi connectivity index (χ0n) is 17.0. The van der Waals surface area contributed by atoms with Crippen LogP contribution in [-0.4, -0.2) is 35.5 Å². The van der Waals surface area contributed by atoms with Gasteiger partial charge in [0.15, 0.2) is 9.84 Å². The molecule has 1 N–H and O–H groups in total. The quantitative estimate of drug-likeness (QED) is 0.518. The largest absolute Gasteiger partial charge is 0.403 e. The third-order valence-corrected chi connectivity index (χ3v) is 7.35. The average molecular weight is 446 g/mol. The van der Waals surface area contributed by atoms with Gasteiger partial charge in [-0.3, -0.25) is 10.1 Å². The average Bonchev–Trinajstić information content (AvgIpc) is 3.18. The smallest absolute Gasteiger partial charge is 0.322 e. The number of rotatable bonds is 8. The summed E-state index contributed by atoms with van der Waals surface area (Å²) in [5, 5.41) is 9.79. The van der Waals surface area contributed by atoms with Crippen LogP contribution in [0.4, 0.5) is 6.01 Å². The van der Waals surface area contributed by atoms with Crippen LogP contribution in [0.3, 0.4) is 0 Å². The number of carbonyl (C=O) groups excluding carboxylic acids is 1. The Kier molecular flexibility index (Phi) is 6.94. The van der Waals surface area contributed by atoms with E-state index in [1.165, 1.54) is 12.1 Å². The Hall–Kier alpha value is -2.65. The van der Waals surface area contributed by atoms with Crippen LogP contribution in [0, 0.1) is 0 Å². The van der Waals surface area contributed by atoms with E-state index >= 15 is 0 Å². The summed E-state index contributed by atoms with van der Waals surface area (Å²) in [4.78, 5) is 13.6. The number of benzene rings is 2. The van der Waals surface area contributed by atoms with E-state index < -0.39 is 15.1 Å². The number of amides is 1. The van der Waals surface area contributed by atoms with Crippen molar-refractivity contribution in [3.63, 3.8) is 0 Å². The third kappa shape index (κ3) is 5.28. The monoisotopic (exact) mass is 445 g/mol. The molecule has 0 bridgehead atoms. The number of sulfone groups is 1. The minimum Gasteiger partial charge on any atom is -0.403 e. The second-order valence-corrected chi connectivity index (χ2v) is 10.7. The van der Waals surface area contributed by atoms with Gasteiger partial charge in [0.25, 0.3) is 0 Å². The van der Waals surface area contributed by atoms with Gasteiger partial charge in [-0.15, -0.1) is 16.9 Å². The van der Waals surface area contributed by atoms with Crippen LogP contribution in [0.1, 0.15) is 26.3 Å². The molecule has 1 amide bonds. The van der Waals surface area contributed by atoms with E-state index in [0.717, 1.165) is 16.2 Å². The molecule has 3 aromatic rings. The summed E-state index contributed by atoms with van der Waals surface area (Å²) in [7, 11) is -3.42. The van der Waals surface area contributed by atoms with Crippen molar-refractivity contribution in [3.8, 4) is 11.5 Å². The van der Waals surface area contributed by atoms with Crippen molar-refractivity contribution in [1.82, 2.24) is 10.2 Å². The Balaban J connectivity index is 1.68. The molecule has 0 atom stereocenters. The molecular formula is C21H23N3O4S2. The first-order valence-corrected chi connectivity index (χ1v) is 12.0. The third-order valence-electron chi connectivity index (χ3n) is 4.30. The van der Waals surface area contributed by atoms with Gasteiger partial charge in [-0.05, 0) is 55.5 Å². The number of aromatic nitrogens is 2. The van der Waals surface area contributed by atoms with Crippen LogP contribution in [0.15, 0.2) is 62.7 Å². The predicted molar refractivity (Wildman–Crippen MR) is 117 cm³/mol. The zero-order chi connectivity index (χ0) is 21.7. The van der Waals surface area contributed by atoms with Crippen molar-refractivity contribution in [2.24, 2.45) is 0 Å². The number of anilines is 1. The van der Waals surface area contributed by atoms with Gasteiger partial charge in [0.05, 0.1) is 16.6 Å². The van der Waals surface area contributed by atoms with Crippen molar-refractivity contribution in [2.45, 2.75) is 42.2 Å². The molecule has 1 heterocycles. The number of nitrogens with one attached hydrogen (secondary N) is 1. The van der Waals surface area contributed by atoms with Crippen molar-refractivity contribution >= 4 is 33.5 Å². The maximum absolute atomic E-state index is 12.4. The van der Waals surface area contributed by atoms with Crippen LogP contribution >= 0.6 is 11.8 Å². The Bertz CT molecular complexity index is 1120. The van der Waals surface area contributed by atoms with Crippen molar-refractivity contribution in [3.05, 3.63) is 54.1 Å². The van der Waals surface area contributed by atoms with Gasteiger partial charge in [-0.2, -0.15) is 0 Å². The molecule has 0 radical (unpaired) electrons. The van der Waals surface area contributed by atoms with Gasteiger partial charge in [0, 0.05) is 10.5 Å². The summed E-state index contributed by atoms with van der Waals surface area (Å²) in [5.74, 6) is 0.843. The minimum absolute atomic E-state index is 0.0368. The molecule has 9 heteroatoms. The molecule has 0 unspecified atom stereocenters. The minimum atomic E-state index is -3.42. The van der Waals surface area contributed by atoms with Crippen molar-refractivity contribution in [2.75, 3.05) is 11.1 Å². The van der Waals surface area contributed by atoms with E-state index in [4.69, 9.17) is 4.42 Å². The van der Waals surface area contributed by atoms with E-state index in [1.54, 1.807) is 37.7 Å². The van der Waals surface area contributed by atoms with Crippen LogP contribution in [0.25, 0.3) is 11.5 Å². The number of nitrogens with zero attached hydrogens (tertiary/aromatic N) is 2. The van der Waals surface area contributed by atoms with E-state index in [0.29, 0.717) is 5.56 Å². The summed E-state index contributed by atoms with van der Waals surface area (Å²) >= 11 is 1.74. The number of hydrogen-bond acceptors (Lipinski definition) is 7. The molecule has 0 saturated heterocycles. The summed E-state index contributed by atoms with van der Waals surface area (Å²) in [6.45, 7) is 5.33. The second-order valence-electron chi connectivity index (χ2n) is 6.84. The summed E-state index contributed by atoms with van der Waals surface area (Å²) in [6.07, 6.45) is 0.177. The zero-order valence-corrected chi connectivity index (χ0v) is 18.6. The number of carbonyl (C=O) groups is 1. The molecule has 7 nitrogen and oxygen atoms in total. The SMILES string of the molecule is CCSc1ccc(CC(=O)Nc2nnc(-c3cccc(S(=O)(=O)C(C)C)c3)o2)cc1. The topological polar surface area (TPSA) is 102 Å². The highest BCUT2D eigenvalue weighted by Crippen LogP contribution is 2.25. The fraction of sp³-hybridized carbons (Fsp3) is 0.286. The molecular weight excluding hydrogens is 422 g/mol. The van der Waals surface area contributed by atoms with Crippen molar-refractivity contribution < 1.29 is 17.6 Å². The lowest BCUT2D eigenvalue weighted by molar-refractivity contribution is -0.115. The van der Waals surface area contributed by atoms with Gasteiger partial charge in [-0.25, -0.2) is 8.42 Å².